The summed E-state index contributed by atoms with van der Waals surface area (Å²) in [6, 6.07) is 0. The Labute approximate surface area is 73.9 Å². The quantitative estimate of drug-likeness (QED) is 0.453. The highest BCUT2D eigenvalue weighted by Crippen LogP contribution is 1.80. The molecule has 0 fully saturated rings. The maximum absolute atomic E-state index is 10.4. The van der Waals surface area contributed by atoms with Crippen LogP contribution < -0.4 is 16.4 Å². The Balaban J connectivity index is 2.86. The number of nitrogens with one attached hydrogen (secondary N) is 2. The van der Waals surface area contributed by atoms with Gasteiger partial charge in [-0.2, -0.15) is 0 Å². The molecule has 0 aliphatic rings. The molecule has 0 heterocycles. The fraction of sp³-hybridized carbons (Fsp3) is 0.875. The van der Waals surface area contributed by atoms with Crippen molar-refractivity contribution in [2.75, 3.05) is 26.2 Å². The zero-order valence-electron chi connectivity index (χ0n) is 7.73. The van der Waals surface area contributed by atoms with E-state index in [-0.39, 0.29) is 5.91 Å². The lowest BCUT2D eigenvalue weighted by Gasteiger charge is -2.03. The number of rotatable bonds is 7. The SMILES string of the molecule is CC(=O)NCCNCCCCN. The van der Waals surface area contributed by atoms with Crippen LogP contribution in [0.3, 0.4) is 0 Å². The van der Waals surface area contributed by atoms with Gasteiger partial charge in [0.1, 0.15) is 0 Å². The average Bonchev–Trinajstić information content (AvgIpc) is 2.02. The summed E-state index contributed by atoms with van der Waals surface area (Å²) in [6.45, 7) is 4.81. The number of hydrogen-bond acceptors (Lipinski definition) is 3. The number of carbonyl (C=O) groups is 1. The van der Waals surface area contributed by atoms with Crippen LogP contribution in [-0.2, 0) is 4.79 Å². The molecular weight excluding hydrogens is 154 g/mol. The van der Waals surface area contributed by atoms with Crippen LogP contribution in [0, 0.1) is 0 Å². The zero-order chi connectivity index (χ0) is 9.23. The summed E-state index contributed by atoms with van der Waals surface area (Å²) in [6.07, 6.45) is 2.17. The molecule has 0 spiro atoms. The first-order valence-electron chi connectivity index (χ1n) is 4.42. The van der Waals surface area contributed by atoms with Gasteiger partial charge in [-0.3, -0.25) is 4.79 Å². The highest BCUT2D eigenvalue weighted by Gasteiger charge is 1.89. The molecule has 0 saturated heterocycles. The maximum Gasteiger partial charge on any atom is 0.216 e. The third kappa shape index (κ3) is 9.39. The van der Waals surface area contributed by atoms with Gasteiger partial charge in [-0.1, -0.05) is 0 Å². The summed E-state index contributed by atoms with van der Waals surface area (Å²) in [5.41, 5.74) is 5.32. The number of unbranched alkanes of at least 4 members (excludes halogenated alkanes) is 1. The molecule has 0 atom stereocenters. The Morgan fingerprint density at radius 3 is 2.58 bits per heavy atom. The van der Waals surface area contributed by atoms with Crippen molar-refractivity contribution < 1.29 is 4.79 Å². The Morgan fingerprint density at radius 1 is 1.25 bits per heavy atom. The fourth-order valence-corrected chi connectivity index (χ4v) is 0.846. The van der Waals surface area contributed by atoms with Crippen molar-refractivity contribution in [2.24, 2.45) is 5.73 Å². The minimum absolute atomic E-state index is 0.0266. The van der Waals surface area contributed by atoms with Gasteiger partial charge in [-0.15, -0.1) is 0 Å². The third-order valence-electron chi connectivity index (χ3n) is 1.48. The van der Waals surface area contributed by atoms with E-state index in [2.05, 4.69) is 10.6 Å². The molecule has 4 nitrogen and oxygen atoms in total. The predicted octanol–water partition coefficient (Wildman–Crippen LogP) is -0.549. The zero-order valence-corrected chi connectivity index (χ0v) is 7.73. The van der Waals surface area contributed by atoms with Gasteiger partial charge in [0, 0.05) is 20.0 Å². The summed E-state index contributed by atoms with van der Waals surface area (Å²) in [5, 5.41) is 5.92. The molecule has 4 N–H and O–H groups in total. The second-order valence-corrected chi connectivity index (χ2v) is 2.73. The van der Waals surface area contributed by atoms with E-state index in [0.717, 1.165) is 32.5 Å². The van der Waals surface area contributed by atoms with Gasteiger partial charge in [0.15, 0.2) is 0 Å². The fourth-order valence-electron chi connectivity index (χ4n) is 0.846. The van der Waals surface area contributed by atoms with E-state index in [4.69, 9.17) is 5.73 Å². The lowest BCUT2D eigenvalue weighted by atomic mass is 10.3. The van der Waals surface area contributed by atoms with E-state index in [1.165, 1.54) is 6.92 Å². The van der Waals surface area contributed by atoms with Crippen molar-refractivity contribution in [1.82, 2.24) is 10.6 Å². The van der Waals surface area contributed by atoms with E-state index >= 15 is 0 Å². The first-order valence-corrected chi connectivity index (χ1v) is 4.42. The van der Waals surface area contributed by atoms with Crippen molar-refractivity contribution in [3.63, 3.8) is 0 Å². The molecule has 72 valence electrons. The molecule has 0 aliphatic heterocycles. The summed E-state index contributed by atoms with van der Waals surface area (Å²) in [4.78, 5) is 10.4. The van der Waals surface area contributed by atoms with Crippen LogP contribution in [0.2, 0.25) is 0 Å². The topological polar surface area (TPSA) is 67.2 Å². The van der Waals surface area contributed by atoms with Crippen molar-refractivity contribution >= 4 is 5.91 Å². The van der Waals surface area contributed by atoms with E-state index in [9.17, 15) is 4.79 Å². The minimum atomic E-state index is 0.0266. The van der Waals surface area contributed by atoms with Gasteiger partial charge >= 0.3 is 0 Å². The minimum Gasteiger partial charge on any atom is -0.355 e. The van der Waals surface area contributed by atoms with E-state index in [0.29, 0.717) is 6.54 Å². The Kier molecular flexibility index (Phi) is 8.05. The van der Waals surface area contributed by atoms with Gasteiger partial charge in [0.05, 0.1) is 0 Å². The number of nitrogens with two attached hydrogens (primary N) is 1. The molecule has 12 heavy (non-hydrogen) atoms. The second kappa shape index (κ2) is 8.49. The smallest absolute Gasteiger partial charge is 0.216 e. The summed E-state index contributed by atoms with van der Waals surface area (Å²) < 4.78 is 0. The van der Waals surface area contributed by atoms with Crippen LogP contribution in [-0.4, -0.2) is 32.1 Å². The molecule has 0 saturated carbocycles. The molecule has 0 unspecified atom stereocenters. The van der Waals surface area contributed by atoms with Crippen LogP contribution in [0.1, 0.15) is 19.8 Å². The van der Waals surface area contributed by atoms with Crippen LogP contribution in [0.4, 0.5) is 0 Å². The molecule has 0 aliphatic carbocycles. The first kappa shape index (κ1) is 11.4. The molecule has 0 aromatic carbocycles. The lowest BCUT2D eigenvalue weighted by molar-refractivity contribution is -0.118. The summed E-state index contributed by atoms with van der Waals surface area (Å²) in [7, 11) is 0. The van der Waals surface area contributed by atoms with Crippen LogP contribution in [0.15, 0.2) is 0 Å². The van der Waals surface area contributed by atoms with E-state index in [1.54, 1.807) is 0 Å². The van der Waals surface area contributed by atoms with Gasteiger partial charge < -0.3 is 16.4 Å². The van der Waals surface area contributed by atoms with Crippen molar-refractivity contribution in [3.05, 3.63) is 0 Å². The molecular formula is C8H19N3O. The Bertz CT molecular complexity index is 117. The van der Waals surface area contributed by atoms with Gasteiger partial charge in [-0.25, -0.2) is 0 Å². The van der Waals surface area contributed by atoms with Crippen molar-refractivity contribution in [3.8, 4) is 0 Å². The molecule has 1 amide bonds. The maximum atomic E-state index is 10.4. The highest BCUT2D eigenvalue weighted by molar-refractivity contribution is 5.72. The molecule has 0 rings (SSSR count). The number of carbonyl (C=O) groups excluding carboxylic acids is 1. The third-order valence-corrected chi connectivity index (χ3v) is 1.48. The predicted molar refractivity (Wildman–Crippen MR) is 49.8 cm³/mol. The Morgan fingerprint density at radius 2 is 2.00 bits per heavy atom. The highest BCUT2D eigenvalue weighted by atomic mass is 16.1. The lowest BCUT2D eigenvalue weighted by Crippen LogP contribution is -2.30. The van der Waals surface area contributed by atoms with Crippen LogP contribution in [0.25, 0.3) is 0 Å². The van der Waals surface area contributed by atoms with Gasteiger partial charge in [0.25, 0.3) is 0 Å². The normalized spacial score (nSPS) is 9.83. The Hall–Kier alpha value is -0.610. The molecule has 0 aromatic rings. The number of hydrogen-bond donors (Lipinski definition) is 3. The van der Waals surface area contributed by atoms with Gasteiger partial charge in [0.2, 0.25) is 5.91 Å². The van der Waals surface area contributed by atoms with Crippen LogP contribution >= 0.6 is 0 Å². The average molecular weight is 173 g/mol. The first-order chi connectivity index (χ1) is 5.77. The number of amides is 1. The second-order valence-electron chi connectivity index (χ2n) is 2.73. The summed E-state index contributed by atoms with van der Waals surface area (Å²) >= 11 is 0. The summed E-state index contributed by atoms with van der Waals surface area (Å²) in [5.74, 6) is 0.0266. The van der Waals surface area contributed by atoms with Gasteiger partial charge in [-0.05, 0) is 25.9 Å². The molecule has 0 aromatic heterocycles. The van der Waals surface area contributed by atoms with Crippen LogP contribution in [0.5, 0.6) is 0 Å². The standard InChI is InChI=1S/C8H19N3O/c1-8(12)11-7-6-10-5-3-2-4-9/h10H,2-7,9H2,1H3,(H,11,12). The largest absolute Gasteiger partial charge is 0.355 e. The monoisotopic (exact) mass is 173 g/mol. The van der Waals surface area contributed by atoms with E-state index < -0.39 is 0 Å². The van der Waals surface area contributed by atoms with Crippen molar-refractivity contribution in [1.29, 1.82) is 0 Å². The molecule has 0 radical (unpaired) electrons. The van der Waals surface area contributed by atoms with E-state index in [1.807, 2.05) is 0 Å². The molecule has 4 heteroatoms. The van der Waals surface area contributed by atoms with Crippen molar-refractivity contribution in [2.45, 2.75) is 19.8 Å². The molecule has 0 bridgehead atoms.